The van der Waals surface area contributed by atoms with Gasteiger partial charge in [0, 0.05) is 6.42 Å². The van der Waals surface area contributed by atoms with Gasteiger partial charge < -0.3 is 40.3 Å². The third kappa shape index (κ3) is 8.58. The lowest BCUT2D eigenvalue weighted by molar-refractivity contribution is -0.142. The van der Waals surface area contributed by atoms with E-state index in [0.29, 0.717) is 6.42 Å². The van der Waals surface area contributed by atoms with Crippen molar-refractivity contribution >= 4 is 40.4 Å². The Balaban J connectivity index is 1.90. The van der Waals surface area contributed by atoms with E-state index in [0.717, 1.165) is 23.9 Å². The average molecular weight is 643 g/mol. The number of imidazole rings is 1. The van der Waals surface area contributed by atoms with Gasteiger partial charge in [0.25, 0.3) is 0 Å². The largest absolute Gasteiger partial charge is 0.490 e. The quantitative estimate of drug-likeness (QED) is 0.120. The molecule has 2 aromatic rings. The van der Waals surface area contributed by atoms with Crippen molar-refractivity contribution in [2.24, 2.45) is 0 Å². The topological polar surface area (TPSA) is 279 Å². The molecule has 230 valence electrons. The van der Waals surface area contributed by atoms with Crippen LogP contribution in [0.1, 0.15) is 40.0 Å². The zero-order chi connectivity index (χ0) is 30.8. The van der Waals surface area contributed by atoms with Crippen molar-refractivity contribution in [1.29, 1.82) is 0 Å². The van der Waals surface area contributed by atoms with Crippen molar-refractivity contribution in [2.75, 3.05) is 12.3 Å². The Morgan fingerprint density at radius 1 is 1.07 bits per heavy atom. The minimum Gasteiger partial charge on any atom is -0.387 e. The van der Waals surface area contributed by atoms with E-state index in [1.807, 2.05) is 20.8 Å². The molecule has 18 nitrogen and oxygen atoms in total. The molecule has 1 aliphatic rings. The first-order valence-corrected chi connectivity index (χ1v) is 16.4. The summed E-state index contributed by atoms with van der Waals surface area (Å²) in [6, 6.07) is 0. The molecule has 0 radical (unpaired) electrons. The molecule has 0 spiro atoms. The Kier molecular flexibility index (Phi) is 10.5. The van der Waals surface area contributed by atoms with Gasteiger partial charge in [-0.15, -0.1) is 0 Å². The van der Waals surface area contributed by atoms with Crippen molar-refractivity contribution in [3.05, 3.63) is 36.0 Å². The lowest BCUT2D eigenvalue weighted by Gasteiger charge is -2.33. The SMILES string of the molecule is CC(C)=CCCC(C)=CC[C@@]1(n2cnc3c(N)ncnc32)O[C@H](COP(=O)(O)OP(=O)(O)OP(=O)(O)O)[C@@H](O)[C@H]1O. The monoisotopic (exact) mass is 643 g/mol. The van der Waals surface area contributed by atoms with E-state index in [9.17, 15) is 33.7 Å². The summed E-state index contributed by atoms with van der Waals surface area (Å²) in [5.74, 6) is 0.0367. The first-order valence-electron chi connectivity index (χ1n) is 11.9. The van der Waals surface area contributed by atoms with E-state index < -0.39 is 54.1 Å². The first kappa shape index (κ1) is 33.6. The van der Waals surface area contributed by atoms with Crippen LogP contribution in [0.2, 0.25) is 0 Å². The van der Waals surface area contributed by atoms with Crippen LogP contribution in [0.5, 0.6) is 0 Å². The highest BCUT2D eigenvalue weighted by Crippen LogP contribution is 2.66. The van der Waals surface area contributed by atoms with Gasteiger partial charge in [0.1, 0.15) is 30.2 Å². The molecule has 6 atom stereocenters. The predicted octanol–water partition coefficient (Wildman–Crippen LogP) is 1.61. The Morgan fingerprint density at radius 3 is 2.39 bits per heavy atom. The summed E-state index contributed by atoms with van der Waals surface area (Å²) in [6.45, 7) is 4.82. The number of aliphatic hydroxyl groups excluding tert-OH is 2. The van der Waals surface area contributed by atoms with Crippen LogP contribution in [0.3, 0.4) is 0 Å². The van der Waals surface area contributed by atoms with Crippen LogP contribution in [0, 0.1) is 0 Å². The minimum absolute atomic E-state index is 0.0367. The number of phosphoric ester groups is 1. The molecule has 3 rings (SSSR count). The number of anilines is 1. The lowest BCUT2D eigenvalue weighted by Crippen LogP contribution is -2.45. The van der Waals surface area contributed by atoms with Crippen molar-refractivity contribution in [3.63, 3.8) is 0 Å². The fourth-order valence-electron chi connectivity index (χ4n) is 4.08. The number of hydrogen-bond donors (Lipinski definition) is 7. The summed E-state index contributed by atoms with van der Waals surface area (Å²) in [4.78, 5) is 48.7. The number of rotatable bonds is 13. The van der Waals surface area contributed by atoms with E-state index in [4.69, 9.17) is 20.3 Å². The second kappa shape index (κ2) is 12.8. The zero-order valence-electron chi connectivity index (χ0n) is 22.1. The van der Waals surface area contributed by atoms with Gasteiger partial charge in [-0.25, -0.2) is 28.6 Å². The molecule has 1 aliphatic heterocycles. The Labute approximate surface area is 233 Å². The Hall–Kier alpha value is -1.88. The number of hydrogen-bond acceptors (Lipinski definition) is 13. The molecule has 3 heterocycles. The van der Waals surface area contributed by atoms with Crippen LogP contribution < -0.4 is 5.73 Å². The lowest BCUT2D eigenvalue weighted by atomic mass is 9.97. The van der Waals surface area contributed by atoms with E-state index in [1.54, 1.807) is 6.08 Å². The fraction of sp³-hybridized carbons (Fsp3) is 0.550. The van der Waals surface area contributed by atoms with Gasteiger partial charge in [-0.1, -0.05) is 23.3 Å². The molecule has 0 aromatic carbocycles. The number of ether oxygens (including phenoxy) is 1. The van der Waals surface area contributed by atoms with Gasteiger partial charge >= 0.3 is 23.5 Å². The van der Waals surface area contributed by atoms with Crippen LogP contribution in [0.4, 0.5) is 5.82 Å². The average Bonchev–Trinajstić information content (AvgIpc) is 3.35. The van der Waals surface area contributed by atoms with Gasteiger partial charge in [0.15, 0.2) is 17.2 Å². The number of phosphoric acid groups is 3. The second-order valence-electron chi connectivity index (χ2n) is 9.44. The third-order valence-electron chi connectivity index (χ3n) is 5.94. The summed E-state index contributed by atoms with van der Waals surface area (Å²) >= 11 is 0. The zero-order valence-corrected chi connectivity index (χ0v) is 24.8. The molecule has 2 unspecified atom stereocenters. The molecule has 1 saturated heterocycles. The van der Waals surface area contributed by atoms with Gasteiger partial charge in [-0.2, -0.15) is 8.62 Å². The van der Waals surface area contributed by atoms with Crippen LogP contribution in [0.25, 0.3) is 11.2 Å². The highest BCUT2D eigenvalue weighted by atomic mass is 31.3. The fourth-order valence-corrected chi connectivity index (χ4v) is 7.11. The summed E-state index contributed by atoms with van der Waals surface area (Å²) in [5, 5.41) is 22.1. The maximum absolute atomic E-state index is 12.2. The Bertz CT molecular complexity index is 1460. The predicted molar refractivity (Wildman–Crippen MR) is 141 cm³/mol. The van der Waals surface area contributed by atoms with Crippen LogP contribution in [0.15, 0.2) is 36.0 Å². The molecule has 1 fully saturated rings. The number of nitrogens with two attached hydrogens (primary N) is 1. The molecule has 41 heavy (non-hydrogen) atoms. The van der Waals surface area contributed by atoms with E-state index >= 15 is 0 Å². The normalized spacial score (nSPS) is 26.6. The molecular formula is C20H32N5O13P3. The maximum atomic E-state index is 12.2. The van der Waals surface area contributed by atoms with Gasteiger partial charge in [0.05, 0.1) is 12.9 Å². The number of aliphatic hydroxyl groups is 2. The Morgan fingerprint density at radius 2 is 1.76 bits per heavy atom. The molecule has 2 aromatic heterocycles. The number of aromatic nitrogens is 4. The maximum Gasteiger partial charge on any atom is 0.490 e. The smallest absolute Gasteiger partial charge is 0.387 e. The summed E-state index contributed by atoms with van der Waals surface area (Å²) in [7, 11) is -16.9. The summed E-state index contributed by atoms with van der Waals surface area (Å²) in [5.41, 5.74) is 6.49. The first-order chi connectivity index (χ1) is 18.9. The molecule has 0 aliphatic carbocycles. The molecule has 8 N–H and O–H groups in total. The van der Waals surface area contributed by atoms with Gasteiger partial charge in [-0.05, 0) is 33.6 Å². The minimum atomic E-state index is -5.76. The van der Waals surface area contributed by atoms with Gasteiger partial charge in [-0.3, -0.25) is 9.09 Å². The number of allylic oxidation sites excluding steroid dienone is 3. The number of nitrogen functional groups attached to an aromatic ring is 1. The van der Waals surface area contributed by atoms with Crippen molar-refractivity contribution in [3.8, 4) is 0 Å². The van der Waals surface area contributed by atoms with Crippen molar-refractivity contribution in [1.82, 2.24) is 19.5 Å². The second-order valence-corrected chi connectivity index (χ2v) is 13.9. The highest BCUT2D eigenvalue weighted by molar-refractivity contribution is 7.66. The van der Waals surface area contributed by atoms with Crippen molar-refractivity contribution in [2.45, 2.75) is 64.1 Å². The van der Waals surface area contributed by atoms with E-state index in [-0.39, 0.29) is 23.4 Å². The molecule has 0 bridgehead atoms. The standard InChI is InChI=1S/C20H32N5O13P3/c1-12(2)5-4-6-13(3)7-8-20(25-11-24-15-18(21)22-10-23-19(15)25)17(27)16(26)14(36-20)9-35-40(31,32)38-41(33,34)37-39(28,29)30/h5,7,10-11,14,16-17,26-27H,4,6,8-9H2,1-3H3,(H,31,32)(H,33,34)(H2,21,22,23)(H2,28,29,30)/t14-,16-,17-,20-/m1/s1. The van der Waals surface area contributed by atoms with Gasteiger partial charge in [0.2, 0.25) is 0 Å². The van der Waals surface area contributed by atoms with Crippen LogP contribution >= 0.6 is 23.5 Å². The van der Waals surface area contributed by atoms with E-state index in [1.165, 1.54) is 10.9 Å². The highest BCUT2D eigenvalue weighted by Gasteiger charge is 2.56. The molecule has 0 saturated carbocycles. The number of fused-ring (bicyclic) bond motifs is 1. The van der Waals surface area contributed by atoms with E-state index in [2.05, 4.69) is 34.2 Å². The van der Waals surface area contributed by atoms with Crippen LogP contribution in [-0.4, -0.2) is 74.2 Å². The third-order valence-corrected chi connectivity index (χ3v) is 9.75. The molecular weight excluding hydrogens is 611 g/mol. The van der Waals surface area contributed by atoms with Crippen molar-refractivity contribution < 1.29 is 61.4 Å². The molecule has 0 amide bonds. The molecule has 21 heteroatoms. The van der Waals surface area contributed by atoms with Crippen LogP contribution in [-0.2, 0) is 37.3 Å². The summed E-state index contributed by atoms with van der Waals surface area (Å²) in [6.07, 6.45) is 2.65. The summed E-state index contributed by atoms with van der Waals surface area (Å²) < 4.78 is 54.0. The number of nitrogens with zero attached hydrogens (tertiary/aromatic N) is 4.